The van der Waals surface area contributed by atoms with Gasteiger partial charge in [-0.05, 0) is 12.5 Å². The molecule has 0 radical (unpaired) electrons. The highest BCUT2D eigenvalue weighted by Crippen LogP contribution is 2.29. The van der Waals surface area contributed by atoms with Crippen LogP contribution in [0.4, 0.5) is 0 Å². The lowest BCUT2D eigenvalue weighted by Gasteiger charge is -2.29. The molecule has 2 fully saturated rings. The minimum atomic E-state index is -1.41. The molecule has 1 aromatic carbocycles. The smallest absolute Gasteiger partial charge is 0.248 e. The maximum atomic E-state index is 13.3. The fourth-order valence-corrected chi connectivity index (χ4v) is 5.04. The summed E-state index contributed by atoms with van der Waals surface area (Å²) in [5, 5.41) is 28.1. The van der Waals surface area contributed by atoms with E-state index in [1.54, 1.807) is 37.3 Å². The Bertz CT molecular complexity index is 1050. The van der Waals surface area contributed by atoms with E-state index in [2.05, 4.69) is 21.3 Å². The van der Waals surface area contributed by atoms with Gasteiger partial charge < -0.3 is 36.4 Å². The summed E-state index contributed by atoms with van der Waals surface area (Å²) in [6.45, 7) is -0.0343. The first-order valence-electron chi connectivity index (χ1n) is 12.1. The van der Waals surface area contributed by atoms with Crippen LogP contribution in [0.3, 0.4) is 0 Å². The van der Waals surface area contributed by atoms with Crippen molar-refractivity contribution in [3.05, 3.63) is 35.9 Å². The molecule has 1 aromatic rings. The number of nitrogens with zero attached hydrogens (tertiary/aromatic N) is 1. The second kappa shape index (κ2) is 13.2. The normalized spacial score (nSPS) is 32.0. The van der Waals surface area contributed by atoms with Crippen LogP contribution in [0.25, 0.3) is 0 Å². The van der Waals surface area contributed by atoms with Gasteiger partial charge in [0.1, 0.15) is 18.1 Å². The summed E-state index contributed by atoms with van der Waals surface area (Å²) in [7, 11) is 0. The molecule has 6 N–H and O–H groups in total. The van der Waals surface area contributed by atoms with Crippen LogP contribution in [0.5, 0.6) is 0 Å². The average Bonchev–Trinajstić information content (AvgIpc) is 3.18. The van der Waals surface area contributed by atoms with E-state index in [0.29, 0.717) is 5.56 Å². The van der Waals surface area contributed by atoms with E-state index >= 15 is 0 Å². The molecule has 0 aliphatic carbocycles. The van der Waals surface area contributed by atoms with Gasteiger partial charge in [-0.1, -0.05) is 30.3 Å². The molecule has 5 amide bonds. The van der Waals surface area contributed by atoms with Crippen LogP contribution in [0.2, 0.25) is 0 Å². The number of carbonyl (C=O) groups excluding carboxylic acids is 5. The van der Waals surface area contributed by atoms with Crippen molar-refractivity contribution in [1.29, 1.82) is 0 Å². The van der Waals surface area contributed by atoms with Crippen LogP contribution < -0.4 is 21.3 Å². The van der Waals surface area contributed by atoms with E-state index in [-0.39, 0.29) is 19.4 Å². The number of amides is 5. The predicted octanol–water partition coefficient (Wildman–Crippen LogP) is -1.48. The monoisotopic (exact) mass is 571 g/mol. The number of hydrogen-bond donors (Lipinski definition) is 6. The molecule has 2 aliphatic rings. The van der Waals surface area contributed by atoms with Crippen molar-refractivity contribution in [1.82, 2.24) is 26.2 Å². The SMILES string of the molecule is C[C@@H]1CC(=O)N[C@@H](CO)C(=O)N[C@@H](c2ccccc2)CC(=O)N[C@@H](CO)C(=O)N2C[C@@H](Cl)[C@@H](Cl)[C@H]2C(=O)N1. The Morgan fingerprint density at radius 2 is 1.45 bits per heavy atom. The maximum absolute atomic E-state index is 13.3. The van der Waals surface area contributed by atoms with Crippen molar-refractivity contribution in [3.63, 3.8) is 0 Å². The molecule has 208 valence electrons. The van der Waals surface area contributed by atoms with Gasteiger partial charge in [-0.3, -0.25) is 24.0 Å². The Morgan fingerprint density at radius 3 is 2.08 bits per heavy atom. The van der Waals surface area contributed by atoms with Crippen molar-refractivity contribution >= 4 is 52.7 Å². The number of nitrogens with one attached hydrogen (secondary N) is 4. The first-order valence-corrected chi connectivity index (χ1v) is 13.0. The Hall–Kier alpha value is -2.93. The lowest BCUT2D eigenvalue weighted by atomic mass is 10.0. The van der Waals surface area contributed by atoms with Crippen molar-refractivity contribution in [2.24, 2.45) is 0 Å². The van der Waals surface area contributed by atoms with Crippen LogP contribution in [0.15, 0.2) is 30.3 Å². The van der Waals surface area contributed by atoms with Crippen LogP contribution in [0.1, 0.15) is 31.4 Å². The van der Waals surface area contributed by atoms with Gasteiger partial charge in [0.2, 0.25) is 29.5 Å². The molecule has 0 saturated carbocycles. The number of fused-ring (bicyclic) bond motifs is 1. The summed E-state index contributed by atoms with van der Waals surface area (Å²) in [5.74, 6) is -3.47. The van der Waals surface area contributed by atoms with Gasteiger partial charge in [0.05, 0.1) is 36.4 Å². The van der Waals surface area contributed by atoms with Crippen LogP contribution in [-0.2, 0) is 24.0 Å². The molecule has 38 heavy (non-hydrogen) atoms. The van der Waals surface area contributed by atoms with Gasteiger partial charge in [-0.25, -0.2) is 0 Å². The van der Waals surface area contributed by atoms with Crippen LogP contribution >= 0.6 is 23.2 Å². The number of alkyl halides is 2. The van der Waals surface area contributed by atoms with Crippen molar-refractivity contribution in [3.8, 4) is 0 Å². The van der Waals surface area contributed by atoms with Gasteiger partial charge in [0.15, 0.2) is 0 Å². The van der Waals surface area contributed by atoms with Gasteiger partial charge in [0.25, 0.3) is 0 Å². The summed E-state index contributed by atoms with van der Waals surface area (Å²) in [6.07, 6.45) is -0.572. The molecular weight excluding hydrogens is 541 g/mol. The first-order chi connectivity index (χ1) is 18.0. The van der Waals surface area contributed by atoms with Crippen molar-refractivity contribution in [2.45, 2.75) is 60.7 Å². The molecule has 12 nitrogen and oxygen atoms in total. The van der Waals surface area contributed by atoms with Gasteiger partial charge in [-0.2, -0.15) is 0 Å². The topological polar surface area (TPSA) is 177 Å². The first kappa shape index (κ1) is 29.6. The number of aliphatic hydroxyl groups is 2. The molecule has 14 heteroatoms. The zero-order valence-electron chi connectivity index (χ0n) is 20.6. The molecule has 0 bridgehead atoms. The van der Waals surface area contributed by atoms with Crippen molar-refractivity contribution in [2.75, 3.05) is 19.8 Å². The maximum Gasteiger partial charge on any atom is 0.248 e. The average molecular weight is 572 g/mol. The van der Waals surface area contributed by atoms with Gasteiger partial charge in [0, 0.05) is 19.0 Å². The molecule has 2 saturated heterocycles. The van der Waals surface area contributed by atoms with Crippen LogP contribution in [-0.4, -0.2) is 99.3 Å². The zero-order valence-corrected chi connectivity index (χ0v) is 22.1. The molecule has 0 unspecified atom stereocenters. The lowest BCUT2D eigenvalue weighted by Crippen LogP contribution is -2.57. The summed E-state index contributed by atoms with van der Waals surface area (Å²) >= 11 is 12.6. The number of hydrogen-bond acceptors (Lipinski definition) is 7. The molecule has 0 spiro atoms. The molecule has 3 rings (SSSR count). The Labute approximate surface area is 229 Å². The third-order valence-electron chi connectivity index (χ3n) is 6.34. The third-order valence-corrected chi connectivity index (χ3v) is 7.43. The second-order valence-corrected chi connectivity index (χ2v) is 10.4. The predicted molar refractivity (Wildman–Crippen MR) is 137 cm³/mol. The Kier molecular flexibility index (Phi) is 10.3. The largest absolute Gasteiger partial charge is 0.394 e. The fourth-order valence-electron chi connectivity index (χ4n) is 4.42. The molecule has 2 heterocycles. The van der Waals surface area contributed by atoms with E-state index in [1.807, 2.05) is 0 Å². The van der Waals surface area contributed by atoms with E-state index in [9.17, 15) is 34.2 Å². The molecule has 7 atom stereocenters. The summed E-state index contributed by atoms with van der Waals surface area (Å²) in [6, 6.07) is 2.95. The number of carbonyl (C=O) groups is 5. The molecule has 2 aliphatic heterocycles. The number of benzene rings is 1. The van der Waals surface area contributed by atoms with Crippen LogP contribution in [0, 0.1) is 0 Å². The molecular formula is C24H31Cl2N5O7. The quantitative estimate of drug-likeness (QED) is 0.239. The number of aliphatic hydroxyl groups excluding tert-OH is 2. The fraction of sp³-hybridized carbons (Fsp3) is 0.542. The van der Waals surface area contributed by atoms with Crippen molar-refractivity contribution < 1.29 is 34.2 Å². The standard InChI is InChI=1S/C24H31Cl2N5O7/c1-12-7-18(34)28-16(10-32)22(36)30-15(13-5-3-2-4-6-13)8-19(35)29-17(11-33)24(38)31-9-14(25)20(26)21(31)23(37)27-12/h2-6,12,14-17,20-21,32-33H,7-11H2,1H3,(H,27,37)(H,28,34)(H,29,35)(H,30,36)/t12-,14-,15-,16+,17+,20-,21+/m1/s1. The van der Waals surface area contributed by atoms with Gasteiger partial charge in [-0.15, -0.1) is 23.2 Å². The number of rotatable bonds is 3. The highest BCUT2D eigenvalue weighted by Gasteiger charge is 2.48. The second-order valence-electron chi connectivity index (χ2n) is 9.29. The number of halogens is 2. The van der Waals surface area contributed by atoms with E-state index in [0.717, 1.165) is 4.90 Å². The highest BCUT2D eigenvalue weighted by molar-refractivity contribution is 6.32. The Balaban J connectivity index is 1.95. The lowest BCUT2D eigenvalue weighted by molar-refractivity contribution is -0.142. The third kappa shape index (κ3) is 7.13. The highest BCUT2D eigenvalue weighted by atomic mass is 35.5. The van der Waals surface area contributed by atoms with Gasteiger partial charge >= 0.3 is 0 Å². The Morgan fingerprint density at radius 1 is 0.842 bits per heavy atom. The summed E-state index contributed by atoms with van der Waals surface area (Å²) < 4.78 is 0. The van der Waals surface area contributed by atoms with E-state index in [1.165, 1.54) is 0 Å². The van der Waals surface area contributed by atoms with E-state index in [4.69, 9.17) is 23.2 Å². The minimum Gasteiger partial charge on any atom is -0.394 e. The summed E-state index contributed by atoms with van der Waals surface area (Å²) in [4.78, 5) is 65.9. The minimum absolute atomic E-state index is 0.102. The summed E-state index contributed by atoms with van der Waals surface area (Å²) in [5.41, 5.74) is 0.557. The van der Waals surface area contributed by atoms with E-state index < -0.39 is 83.7 Å². The zero-order chi connectivity index (χ0) is 28.0. The molecule has 0 aromatic heterocycles.